The second-order valence-corrected chi connectivity index (χ2v) is 7.01. The number of aryl methyl sites for hydroxylation is 2. The van der Waals surface area contributed by atoms with Gasteiger partial charge < -0.3 is 5.73 Å². The Kier molecular flexibility index (Phi) is 4.04. The fourth-order valence-electron chi connectivity index (χ4n) is 2.10. The summed E-state index contributed by atoms with van der Waals surface area (Å²) in [5, 5.41) is 12.6. The lowest BCUT2D eigenvalue weighted by Crippen LogP contribution is -2.11. The number of carbonyl (C=O) groups is 1. The van der Waals surface area contributed by atoms with E-state index in [-0.39, 0.29) is 5.91 Å². The fourth-order valence-corrected chi connectivity index (χ4v) is 3.70. The predicted molar refractivity (Wildman–Crippen MR) is 90.6 cm³/mol. The van der Waals surface area contributed by atoms with E-state index >= 15 is 0 Å². The molecule has 0 atom stereocenters. The van der Waals surface area contributed by atoms with Crippen molar-refractivity contribution in [1.29, 1.82) is 0 Å². The summed E-state index contributed by atoms with van der Waals surface area (Å²) in [4.78, 5) is 18.2. The van der Waals surface area contributed by atoms with Gasteiger partial charge in [-0.25, -0.2) is 4.98 Å². The molecule has 0 bridgehead atoms. The summed E-state index contributed by atoms with van der Waals surface area (Å²) < 4.78 is 0. The van der Waals surface area contributed by atoms with E-state index in [2.05, 4.69) is 27.4 Å². The van der Waals surface area contributed by atoms with Gasteiger partial charge in [0.05, 0.1) is 5.69 Å². The molecule has 3 heterocycles. The molecule has 0 aliphatic rings. The largest absolute Gasteiger partial charge is 0.397 e. The fraction of sp³-hybridized carbons (Fsp3) is 0.286. The van der Waals surface area contributed by atoms with Crippen molar-refractivity contribution in [3.8, 4) is 0 Å². The summed E-state index contributed by atoms with van der Waals surface area (Å²) in [7, 11) is 0. The van der Waals surface area contributed by atoms with Gasteiger partial charge in [-0.2, -0.15) is 0 Å². The van der Waals surface area contributed by atoms with E-state index in [9.17, 15) is 4.79 Å². The number of fused-ring (bicyclic) bond motifs is 1. The second-order valence-electron chi connectivity index (χ2n) is 4.83. The van der Waals surface area contributed by atoms with Crippen LogP contribution >= 0.6 is 22.7 Å². The molecule has 22 heavy (non-hydrogen) atoms. The molecule has 6 nitrogen and oxygen atoms in total. The number of nitrogen functional groups attached to an aromatic ring is 1. The molecule has 3 aromatic heterocycles. The van der Waals surface area contributed by atoms with E-state index in [0.29, 0.717) is 15.7 Å². The molecule has 3 rings (SSSR count). The lowest BCUT2D eigenvalue weighted by Gasteiger charge is -1.99. The molecule has 0 fully saturated rings. The molecule has 0 spiro atoms. The van der Waals surface area contributed by atoms with Crippen LogP contribution in [0, 0.1) is 6.92 Å². The predicted octanol–water partition coefficient (Wildman–Crippen LogP) is 3.24. The van der Waals surface area contributed by atoms with Gasteiger partial charge in [0.15, 0.2) is 0 Å². The Labute approximate surface area is 135 Å². The van der Waals surface area contributed by atoms with Gasteiger partial charge in [-0.3, -0.25) is 10.1 Å². The molecule has 3 aromatic rings. The van der Waals surface area contributed by atoms with Gasteiger partial charge >= 0.3 is 0 Å². The number of rotatable bonds is 4. The highest BCUT2D eigenvalue weighted by Crippen LogP contribution is 2.33. The highest BCUT2D eigenvalue weighted by molar-refractivity contribution is 7.21. The van der Waals surface area contributed by atoms with Crippen molar-refractivity contribution < 1.29 is 4.79 Å². The smallest absolute Gasteiger partial charge is 0.269 e. The van der Waals surface area contributed by atoms with Gasteiger partial charge in [-0.15, -0.1) is 21.5 Å². The zero-order valence-electron chi connectivity index (χ0n) is 12.2. The van der Waals surface area contributed by atoms with Crippen molar-refractivity contribution in [2.24, 2.45) is 0 Å². The van der Waals surface area contributed by atoms with Gasteiger partial charge in [0.2, 0.25) is 5.13 Å². The highest BCUT2D eigenvalue weighted by atomic mass is 32.1. The zero-order chi connectivity index (χ0) is 15.7. The van der Waals surface area contributed by atoms with Crippen molar-refractivity contribution in [3.05, 3.63) is 27.7 Å². The molecule has 0 radical (unpaired) electrons. The van der Waals surface area contributed by atoms with Crippen molar-refractivity contribution in [1.82, 2.24) is 15.2 Å². The number of anilines is 2. The van der Waals surface area contributed by atoms with Gasteiger partial charge in [-0.1, -0.05) is 24.7 Å². The average molecular weight is 333 g/mol. The Morgan fingerprint density at radius 1 is 1.32 bits per heavy atom. The zero-order valence-corrected chi connectivity index (χ0v) is 13.8. The highest BCUT2D eigenvalue weighted by Gasteiger charge is 2.18. The molecule has 8 heteroatoms. The normalized spacial score (nSPS) is 11.0. The number of aromatic nitrogens is 3. The Morgan fingerprint density at radius 2 is 2.14 bits per heavy atom. The monoisotopic (exact) mass is 333 g/mol. The number of amides is 1. The maximum absolute atomic E-state index is 12.4. The molecule has 0 saturated carbocycles. The summed E-state index contributed by atoms with van der Waals surface area (Å²) in [6, 6.07) is 3.90. The average Bonchev–Trinajstić information content (AvgIpc) is 3.03. The Hall–Kier alpha value is -2.06. The van der Waals surface area contributed by atoms with Gasteiger partial charge in [0, 0.05) is 11.1 Å². The van der Waals surface area contributed by atoms with Gasteiger partial charge in [-0.05, 0) is 25.5 Å². The molecule has 0 aliphatic carbocycles. The van der Waals surface area contributed by atoms with Crippen LogP contribution in [-0.4, -0.2) is 21.1 Å². The van der Waals surface area contributed by atoms with Crippen molar-refractivity contribution >= 4 is 49.6 Å². The molecule has 3 N–H and O–H groups in total. The first kappa shape index (κ1) is 14.9. The molecular weight excluding hydrogens is 318 g/mol. The maximum Gasteiger partial charge on any atom is 0.269 e. The SMILES string of the molecule is CCCc1ccc2c(N)c(C(=O)Nc3nnc(C)s3)sc2n1. The van der Waals surface area contributed by atoms with Crippen LogP contribution in [0.3, 0.4) is 0 Å². The molecule has 1 amide bonds. The van der Waals surface area contributed by atoms with E-state index in [0.717, 1.165) is 33.8 Å². The summed E-state index contributed by atoms with van der Waals surface area (Å²) in [5.74, 6) is -0.270. The first-order valence-corrected chi connectivity index (χ1v) is 8.51. The van der Waals surface area contributed by atoms with Crippen LogP contribution < -0.4 is 11.1 Å². The van der Waals surface area contributed by atoms with E-state index in [1.807, 2.05) is 19.1 Å². The Bertz CT molecular complexity index is 839. The van der Waals surface area contributed by atoms with Gasteiger partial charge in [0.1, 0.15) is 14.7 Å². The third-order valence-electron chi connectivity index (χ3n) is 3.11. The molecule has 0 aromatic carbocycles. The lowest BCUT2D eigenvalue weighted by molar-refractivity contribution is 0.103. The number of thiophene rings is 1. The summed E-state index contributed by atoms with van der Waals surface area (Å²) in [6.45, 7) is 3.94. The quantitative estimate of drug-likeness (QED) is 0.764. The van der Waals surface area contributed by atoms with Crippen molar-refractivity contribution in [3.63, 3.8) is 0 Å². The van der Waals surface area contributed by atoms with E-state index in [4.69, 9.17) is 5.73 Å². The number of hydrogen-bond donors (Lipinski definition) is 2. The van der Waals surface area contributed by atoms with Crippen LogP contribution in [0.15, 0.2) is 12.1 Å². The minimum atomic E-state index is -0.270. The number of pyridine rings is 1. The molecule has 0 saturated heterocycles. The third kappa shape index (κ3) is 2.79. The molecule has 0 aliphatic heterocycles. The van der Waals surface area contributed by atoms with Crippen LogP contribution in [0.1, 0.15) is 33.7 Å². The Balaban J connectivity index is 1.92. The summed E-state index contributed by atoms with van der Waals surface area (Å²) in [6.07, 6.45) is 1.95. The standard InChI is InChI=1S/C14H15N5OS2/c1-3-4-8-5-6-9-10(15)11(22-13(9)16-8)12(20)17-14-19-18-7(2)21-14/h5-6H,3-4,15H2,1-2H3,(H,17,19,20). The Morgan fingerprint density at radius 3 is 2.82 bits per heavy atom. The van der Waals surface area contributed by atoms with Crippen LogP contribution in [0.4, 0.5) is 10.8 Å². The van der Waals surface area contributed by atoms with Gasteiger partial charge in [0.25, 0.3) is 5.91 Å². The first-order chi connectivity index (χ1) is 10.6. The van der Waals surface area contributed by atoms with Crippen LogP contribution in [0.25, 0.3) is 10.2 Å². The maximum atomic E-state index is 12.4. The minimum absolute atomic E-state index is 0.270. The number of nitrogens with one attached hydrogen (secondary N) is 1. The lowest BCUT2D eigenvalue weighted by atomic mass is 10.2. The molecule has 0 unspecified atom stereocenters. The first-order valence-electron chi connectivity index (χ1n) is 6.88. The number of carbonyl (C=O) groups excluding carboxylic acids is 1. The third-order valence-corrected chi connectivity index (χ3v) is 4.98. The second kappa shape index (κ2) is 5.98. The van der Waals surface area contributed by atoms with E-state index in [1.165, 1.54) is 22.7 Å². The number of nitrogens with zero attached hydrogens (tertiary/aromatic N) is 3. The molecular formula is C14H15N5OS2. The van der Waals surface area contributed by atoms with Crippen molar-refractivity contribution in [2.45, 2.75) is 26.7 Å². The van der Waals surface area contributed by atoms with E-state index in [1.54, 1.807) is 0 Å². The van der Waals surface area contributed by atoms with Crippen LogP contribution in [0.2, 0.25) is 0 Å². The number of nitrogens with two attached hydrogens (primary N) is 1. The van der Waals surface area contributed by atoms with E-state index < -0.39 is 0 Å². The van der Waals surface area contributed by atoms with Crippen LogP contribution in [-0.2, 0) is 6.42 Å². The summed E-state index contributed by atoms with van der Waals surface area (Å²) >= 11 is 2.63. The molecule has 114 valence electrons. The number of hydrogen-bond acceptors (Lipinski definition) is 7. The van der Waals surface area contributed by atoms with Crippen molar-refractivity contribution in [2.75, 3.05) is 11.1 Å². The minimum Gasteiger partial charge on any atom is -0.397 e. The summed E-state index contributed by atoms with van der Waals surface area (Å²) in [5.41, 5.74) is 7.58. The van der Waals surface area contributed by atoms with Crippen LogP contribution in [0.5, 0.6) is 0 Å². The topological polar surface area (TPSA) is 93.8 Å².